The summed E-state index contributed by atoms with van der Waals surface area (Å²) >= 11 is 7.28. The molecular weight excluding hydrogens is 484 g/mol. The molecule has 4 rings (SSSR count). The van der Waals surface area contributed by atoms with Crippen LogP contribution in [0.4, 0.5) is 11.4 Å². The number of ether oxygens (including phenoxy) is 1. The summed E-state index contributed by atoms with van der Waals surface area (Å²) in [7, 11) is 0. The molecule has 3 aromatic rings. The van der Waals surface area contributed by atoms with Gasteiger partial charge in [0.2, 0.25) is 0 Å². The van der Waals surface area contributed by atoms with Gasteiger partial charge in [-0.25, -0.2) is 9.69 Å². The topological polar surface area (TPSA) is 75.7 Å². The predicted molar refractivity (Wildman–Crippen MR) is 139 cm³/mol. The van der Waals surface area contributed by atoms with E-state index in [0.29, 0.717) is 17.1 Å². The summed E-state index contributed by atoms with van der Waals surface area (Å²) in [5.41, 5.74) is 1.92. The van der Waals surface area contributed by atoms with Crippen LogP contribution >= 0.6 is 23.4 Å². The number of benzene rings is 3. The first-order valence-corrected chi connectivity index (χ1v) is 12.3. The molecule has 0 saturated heterocycles. The molecular formula is C27H23ClN2O4S. The van der Waals surface area contributed by atoms with E-state index in [2.05, 4.69) is 5.32 Å². The maximum Gasteiger partial charge on any atom is 0.340 e. The van der Waals surface area contributed by atoms with Crippen molar-refractivity contribution < 1.29 is 19.1 Å². The highest BCUT2D eigenvalue weighted by molar-refractivity contribution is 8.04. The van der Waals surface area contributed by atoms with Gasteiger partial charge in [-0.2, -0.15) is 0 Å². The average Bonchev–Trinajstić information content (AvgIpc) is 3.08. The Bertz CT molecular complexity index is 1320. The van der Waals surface area contributed by atoms with Crippen molar-refractivity contribution in [2.24, 2.45) is 0 Å². The number of para-hydroxylation sites is 1. The molecule has 0 fully saturated rings. The average molecular weight is 507 g/mol. The van der Waals surface area contributed by atoms with Crippen LogP contribution in [0.5, 0.6) is 0 Å². The van der Waals surface area contributed by atoms with Crippen molar-refractivity contribution in [2.75, 3.05) is 16.8 Å². The molecule has 3 aromatic carbocycles. The number of halogens is 1. The fourth-order valence-corrected chi connectivity index (χ4v) is 4.73. The number of nitrogens with one attached hydrogen (secondary N) is 1. The first kappa shape index (κ1) is 24.6. The largest absolute Gasteiger partial charge is 0.462 e. The monoisotopic (exact) mass is 506 g/mol. The molecule has 8 heteroatoms. The Balaban J connectivity index is 1.76. The van der Waals surface area contributed by atoms with E-state index < -0.39 is 17.8 Å². The smallest absolute Gasteiger partial charge is 0.340 e. The molecule has 0 radical (unpaired) electrons. The molecule has 0 unspecified atom stereocenters. The molecule has 0 bridgehead atoms. The maximum absolute atomic E-state index is 13.7. The summed E-state index contributed by atoms with van der Waals surface area (Å²) in [6, 6.07) is 21.0. The van der Waals surface area contributed by atoms with Gasteiger partial charge in [-0.1, -0.05) is 60.6 Å². The highest BCUT2D eigenvalue weighted by Crippen LogP contribution is 2.39. The normalized spacial score (nSPS) is 13.4. The van der Waals surface area contributed by atoms with Gasteiger partial charge in [-0.15, -0.1) is 0 Å². The van der Waals surface area contributed by atoms with Crippen LogP contribution in [0, 0.1) is 6.92 Å². The van der Waals surface area contributed by atoms with Gasteiger partial charge >= 0.3 is 5.97 Å². The van der Waals surface area contributed by atoms with E-state index >= 15 is 0 Å². The molecule has 0 aliphatic carbocycles. The van der Waals surface area contributed by atoms with Gasteiger partial charge in [-0.05, 0) is 61.4 Å². The number of aryl methyl sites for hydroxylation is 1. The fraction of sp³-hybridized carbons (Fsp3) is 0.148. The van der Waals surface area contributed by atoms with Crippen LogP contribution in [0.2, 0.25) is 5.02 Å². The first-order chi connectivity index (χ1) is 16.9. The zero-order valence-electron chi connectivity index (χ0n) is 19.2. The number of amides is 2. The van der Waals surface area contributed by atoms with Crippen molar-refractivity contribution in [1.82, 2.24) is 0 Å². The highest BCUT2D eigenvalue weighted by atomic mass is 35.5. The second-order valence-corrected chi connectivity index (χ2v) is 9.32. The van der Waals surface area contributed by atoms with Gasteiger partial charge in [0.1, 0.15) is 10.6 Å². The molecule has 6 nitrogen and oxygen atoms in total. The number of hydrogen-bond acceptors (Lipinski definition) is 6. The van der Waals surface area contributed by atoms with Crippen LogP contribution in [0.1, 0.15) is 29.3 Å². The second kappa shape index (κ2) is 10.8. The van der Waals surface area contributed by atoms with E-state index in [1.54, 1.807) is 42.5 Å². The number of rotatable bonds is 8. The first-order valence-electron chi connectivity index (χ1n) is 11.1. The number of thioether (sulfide) groups is 1. The van der Waals surface area contributed by atoms with Gasteiger partial charge < -0.3 is 10.1 Å². The molecule has 0 atom stereocenters. The lowest BCUT2D eigenvalue weighted by molar-refractivity contribution is -0.120. The van der Waals surface area contributed by atoms with Crippen molar-refractivity contribution >= 4 is 52.5 Å². The number of esters is 1. The van der Waals surface area contributed by atoms with Crippen molar-refractivity contribution in [3.63, 3.8) is 0 Å². The highest BCUT2D eigenvalue weighted by Gasteiger charge is 2.41. The Morgan fingerprint density at radius 3 is 2.43 bits per heavy atom. The van der Waals surface area contributed by atoms with Crippen LogP contribution < -0.4 is 10.2 Å². The lowest BCUT2D eigenvalue weighted by atomic mass is 10.1. The molecule has 1 N–H and O–H groups in total. The minimum Gasteiger partial charge on any atom is -0.462 e. The minimum atomic E-state index is -0.588. The molecule has 2 amide bonds. The number of imide groups is 1. The Morgan fingerprint density at radius 2 is 1.71 bits per heavy atom. The number of carbonyl (C=O) groups is 3. The Kier molecular flexibility index (Phi) is 7.58. The summed E-state index contributed by atoms with van der Waals surface area (Å²) in [6.45, 7) is 3.99. The molecule has 178 valence electrons. The third kappa shape index (κ3) is 5.26. The Labute approximate surface area is 212 Å². The van der Waals surface area contributed by atoms with E-state index in [0.717, 1.165) is 15.4 Å². The summed E-state index contributed by atoms with van der Waals surface area (Å²) in [5, 5.41) is 3.71. The van der Waals surface area contributed by atoms with E-state index in [9.17, 15) is 14.4 Å². The molecule has 1 aliphatic rings. The number of hydrogen-bond donors (Lipinski definition) is 1. The lowest BCUT2D eigenvalue weighted by Crippen LogP contribution is -2.33. The summed E-state index contributed by atoms with van der Waals surface area (Å²) in [4.78, 5) is 42.1. The molecule has 1 heterocycles. The molecule has 35 heavy (non-hydrogen) atoms. The van der Waals surface area contributed by atoms with Gasteiger partial charge in [-0.3, -0.25) is 9.59 Å². The van der Waals surface area contributed by atoms with Crippen molar-refractivity contribution in [3.05, 3.63) is 99.5 Å². The van der Waals surface area contributed by atoms with Crippen LogP contribution in [0.25, 0.3) is 0 Å². The molecule has 1 aliphatic heterocycles. The van der Waals surface area contributed by atoms with Crippen LogP contribution in [-0.4, -0.2) is 24.4 Å². The van der Waals surface area contributed by atoms with E-state index in [1.807, 2.05) is 44.2 Å². The second-order valence-electron chi connectivity index (χ2n) is 7.80. The van der Waals surface area contributed by atoms with Crippen molar-refractivity contribution in [2.45, 2.75) is 25.2 Å². The summed E-state index contributed by atoms with van der Waals surface area (Å²) in [5.74, 6) is -1.66. The molecule has 0 saturated carbocycles. The van der Waals surface area contributed by atoms with Crippen molar-refractivity contribution in [3.8, 4) is 0 Å². The standard InChI is InChI=1S/C27H23ClN2O4S/c1-3-15-34-27(33)20-11-7-8-12-22(20)30-25(31)23(29-21-14-13-18(28)16-17(21)2)24(26(30)32)35-19-9-5-4-6-10-19/h4-14,16,29H,3,15H2,1-2H3. The minimum absolute atomic E-state index is 0.131. The Hall–Kier alpha value is -3.55. The zero-order valence-corrected chi connectivity index (χ0v) is 20.8. The lowest BCUT2D eigenvalue weighted by Gasteiger charge is -2.18. The summed E-state index contributed by atoms with van der Waals surface area (Å²) < 4.78 is 5.28. The number of carbonyl (C=O) groups excluding carboxylic acids is 3. The van der Waals surface area contributed by atoms with E-state index in [1.165, 1.54) is 11.8 Å². The number of nitrogens with zero attached hydrogens (tertiary/aromatic N) is 1. The van der Waals surface area contributed by atoms with Gasteiger partial charge in [0.05, 0.1) is 17.9 Å². The van der Waals surface area contributed by atoms with Crippen molar-refractivity contribution in [1.29, 1.82) is 0 Å². The maximum atomic E-state index is 13.7. The molecule has 0 spiro atoms. The predicted octanol–water partition coefficient (Wildman–Crippen LogP) is 6.20. The molecule has 0 aromatic heterocycles. The van der Waals surface area contributed by atoms with Crippen LogP contribution in [0.3, 0.4) is 0 Å². The van der Waals surface area contributed by atoms with Gasteiger partial charge in [0, 0.05) is 15.6 Å². The third-order valence-corrected chi connectivity index (χ3v) is 6.58. The fourth-order valence-electron chi connectivity index (χ4n) is 3.56. The Morgan fingerprint density at radius 1 is 1.00 bits per heavy atom. The zero-order chi connectivity index (χ0) is 24.9. The van der Waals surface area contributed by atoms with Gasteiger partial charge in [0.25, 0.3) is 11.8 Å². The third-order valence-electron chi connectivity index (χ3n) is 5.25. The number of anilines is 2. The van der Waals surface area contributed by atoms with Crippen LogP contribution in [0.15, 0.2) is 88.3 Å². The summed E-state index contributed by atoms with van der Waals surface area (Å²) in [6.07, 6.45) is 0.656. The van der Waals surface area contributed by atoms with Gasteiger partial charge in [0.15, 0.2) is 0 Å². The van der Waals surface area contributed by atoms with Crippen LogP contribution in [-0.2, 0) is 14.3 Å². The van der Waals surface area contributed by atoms with E-state index in [-0.39, 0.29) is 28.5 Å². The van der Waals surface area contributed by atoms with E-state index in [4.69, 9.17) is 16.3 Å². The quantitative estimate of drug-likeness (QED) is 0.289. The SMILES string of the molecule is CCCOC(=O)c1ccccc1N1C(=O)C(Nc2ccc(Cl)cc2C)=C(Sc2ccccc2)C1=O.